The van der Waals surface area contributed by atoms with Gasteiger partial charge in [0, 0.05) is 30.4 Å². The number of rotatable bonds is 3. The van der Waals surface area contributed by atoms with E-state index in [2.05, 4.69) is 0 Å². The summed E-state index contributed by atoms with van der Waals surface area (Å²) >= 11 is 0. The average Bonchev–Trinajstić information content (AvgIpc) is 2.45. The van der Waals surface area contributed by atoms with E-state index in [0.717, 1.165) is 18.9 Å². The van der Waals surface area contributed by atoms with E-state index >= 15 is 0 Å². The van der Waals surface area contributed by atoms with Gasteiger partial charge in [0.2, 0.25) is 0 Å². The Labute approximate surface area is 122 Å². The molecule has 21 heavy (non-hydrogen) atoms. The lowest BCUT2D eigenvalue weighted by Gasteiger charge is -2.38. The Morgan fingerprint density at radius 3 is 2.62 bits per heavy atom. The summed E-state index contributed by atoms with van der Waals surface area (Å²) in [5, 5.41) is 0. The van der Waals surface area contributed by atoms with E-state index in [0.29, 0.717) is 19.4 Å². The molecule has 1 saturated heterocycles. The van der Waals surface area contributed by atoms with Crippen molar-refractivity contribution < 1.29 is 18.0 Å². The van der Waals surface area contributed by atoms with Crippen LogP contribution in [0.2, 0.25) is 0 Å². The molecule has 0 spiro atoms. The molecule has 6 heteroatoms. The summed E-state index contributed by atoms with van der Waals surface area (Å²) in [7, 11) is 3.88. The molecule has 3 nitrogen and oxygen atoms in total. The number of aldehydes is 1. The van der Waals surface area contributed by atoms with E-state index in [4.69, 9.17) is 0 Å². The lowest BCUT2D eigenvalue weighted by Crippen LogP contribution is -2.45. The van der Waals surface area contributed by atoms with Gasteiger partial charge >= 0.3 is 6.18 Å². The Kier molecular flexibility index (Phi) is 4.56. The van der Waals surface area contributed by atoms with Gasteiger partial charge in [0.15, 0.2) is 0 Å². The molecule has 1 aliphatic rings. The van der Waals surface area contributed by atoms with Crippen LogP contribution >= 0.6 is 0 Å². The fourth-order valence-electron chi connectivity index (χ4n) is 2.72. The second-order valence-electron chi connectivity index (χ2n) is 5.60. The molecule has 1 aromatic rings. The van der Waals surface area contributed by atoms with Gasteiger partial charge in [0.05, 0.1) is 5.56 Å². The van der Waals surface area contributed by atoms with E-state index in [-0.39, 0.29) is 17.3 Å². The molecule has 1 heterocycles. The Bertz CT molecular complexity index is 514. The third-order valence-corrected chi connectivity index (χ3v) is 3.93. The summed E-state index contributed by atoms with van der Waals surface area (Å²) in [6, 6.07) is 4.02. The van der Waals surface area contributed by atoms with E-state index < -0.39 is 11.7 Å². The number of hydrogen-bond acceptors (Lipinski definition) is 3. The van der Waals surface area contributed by atoms with Crippen LogP contribution in [0.25, 0.3) is 0 Å². The van der Waals surface area contributed by atoms with Crippen LogP contribution in [-0.2, 0) is 6.18 Å². The smallest absolute Gasteiger partial charge is 0.369 e. The number of benzene rings is 1. The molecule has 0 aliphatic carbocycles. The van der Waals surface area contributed by atoms with Gasteiger partial charge in [-0.25, -0.2) is 0 Å². The maximum Gasteiger partial charge on any atom is 0.418 e. The number of carbonyl (C=O) groups is 1. The summed E-state index contributed by atoms with van der Waals surface area (Å²) in [5.74, 6) is 0. The SMILES string of the molecule is CN(C)C1CCCN(c2ccc(C=O)cc2C(F)(F)F)C1. The molecule has 1 unspecified atom stereocenters. The molecule has 0 N–H and O–H groups in total. The summed E-state index contributed by atoms with van der Waals surface area (Å²) in [6.07, 6.45) is -2.18. The lowest BCUT2D eigenvalue weighted by molar-refractivity contribution is -0.137. The Morgan fingerprint density at radius 1 is 1.33 bits per heavy atom. The molecule has 0 radical (unpaired) electrons. The molecule has 0 bridgehead atoms. The summed E-state index contributed by atoms with van der Waals surface area (Å²) in [5.41, 5.74) is -0.515. The Hall–Kier alpha value is -1.56. The predicted octanol–water partition coefficient (Wildman–Crippen LogP) is 3.05. The quantitative estimate of drug-likeness (QED) is 0.802. The van der Waals surface area contributed by atoms with Gasteiger partial charge in [-0.15, -0.1) is 0 Å². The zero-order valence-corrected chi connectivity index (χ0v) is 12.2. The van der Waals surface area contributed by atoms with Crippen molar-refractivity contribution in [2.24, 2.45) is 0 Å². The minimum atomic E-state index is -4.46. The lowest BCUT2D eigenvalue weighted by atomic mass is 10.0. The highest BCUT2D eigenvalue weighted by atomic mass is 19.4. The summed E-state index contributed by atoms with van der Waals surface area (Å²) < 4.78 is 39.7. The number of alkyl halides is 3. The van der Waals surface area contributed by atoms with Gasteiger partial charge in [-0.1, -0.05) is 0 Å². The van der Waals surface area contributed by atoms with Crippen molar-refractivity contribution in [2.45, 2.75) is 25.1 Å². The van der Waals surface area contributed by atoms with E-state index in [1.165, 1.54) is 12.1 Å². The van der Waals surface area contributed by atoms with Crippen molar-refractivity contribution >= 4 is 12.0 Å². The summed E-state index contributed by atoms with van der Waals surface area (Å²) in [4.78, 5) is 14.5. The van der Waals surface area contributed by atoms with Gasteiger partial charge in [0.25, 0.3) is 0 Å². The van der Waals surface area contributed by atoms with E-state index in [9.17, 15) is 18.0 Å². The first kappa shape index (κ1) is 15.8. The van der Waals surface area contributed by atoms with Gasteiger partial charge in [-0.05, 0) is 45.1 Å². The zero-order chi connectivity index (χ0) is 15.6. The van der Waals surface area contributed by atoms with Crippen LogP contribution in [0.4, 0.5) is 18.9 Å². The number of likely N-dealkylation sites (N-methyl/N-ethyl adjacent to an activating group) is 1. The highest BCUT2D eigenvalue weighted by molar-refractivity contribution is 5.77. The molecule has 1 atom stereocenters. The Balaban J connectivity index is 2.36. The molecule has 116 valence electrons. The molecule has 1 fully saturated rings. The van der Waals surface area contributed by atoms with E-state index in [1.54, 1.807) is 4.90 Å². The number of nitrogens with zero attached hydrogens (tertiary/aromatic N) is 2. The molecule has 0 amide bonds. The molecular weight excluding hydrogens is 281 g/mol. The average molecular weight is 300 g/mol. The fraction of sp³-hybridized carbons (Fsp3) is 0.533. The molecule has 1 aliphatic heterocycles. The topological polar surface area (TPSA) is 23.6 Å². The Morgan fingerprint density at radius 2 is 2.05 bits per heavy atom. The van der Waals surface area contributed by atoms with Crippen molar-refractivity contribution in [2.75, 3.05) is 32.1 Å². The number of halogens is 3. The largest absolute Gasteiger partial charge is 0.418 e. The van der Waals surface area contributed by atoms with Gasteiger partial charge in [-0.2, -0.15) is 13.2 Å². The van der Waals surface area contributed by atoms with Crippen molar-refractivity contribution in [3.05, 3.63) is 29.3 Å². The maximum absolute atomic E-state index is 13.2. The molecular formula is C15H19F3N2O. The standard InChI is InChI=1S/C15H19F3N2O/c1-19(2)12-4-3-7-20(9-12)14-6-5-11(10-21)8-13(14)15(16,17)18/h5-6,8,10,12H,3-4,7,9H2,1-2H3. The highest BCUT2D eigenvalue weighted by Crippen LogP contribution is 2.38. The third-order valence-electron chi connectivity index (χ3n) is 3.93. The number of anilines is 1. The second-order valence-corrected chi connectivity index (χ2v) is 5.60. The first-order valence-electron chi connectivity index (χ1n) is 6.90. The van der Waals surface area contributed by atoms with Crippen LogP contribution in [0.15, 0.2) is 18.2 Å². The predicted molar refractivity (Wildman–Crippen MR) is 75.8 cm³/mol. The third kappa shape index (κ3) is 3.56. The van der Waals surface area contributed by atoms with E-state index in [1.807, 2.05) is 19.0 Å². The second kappa shape index (κ2) is 6.05. The molecule has 2 rings (SSSR count). The maximum atomic E-state index is 13.2. The first-order valence-corrected chi connectivity index (χ1v) is 6.90. The normalized spacial score (nSPS) is 19.9. The highest BCUT2D eigenvalue weighted by Gasteiger charge is 2.36. The van der Waals surface area contributed by atoms with Crippen molar-refractivity contribution in [1.82, 2.24) is 4.90 Å². The summed E-state index contributed by atoms with van der Waals surface area (Å²) in [6.45, 7) is 1.17. The van der Waals surface area contributed by atoms with Crippen molar-refractivity contribution in [3.8, 4) is 0 Å². The van der Waals surface area contributed by atoms with Crippen molar-refractivity contribution in [3.63, 3.8) is 0 Å². The van der Waals surface area contributed by atoms with Crippen LogP contribution < -0.4 is 4.90 Å². The first-order chi connectivity index (χ1) is 9.82. The van der Waals surface area contributed by atoms with Gasteiger partial charge in [0.1, 0.15) is 6.29 Å². The van der Waals surface area contributed by atoms with Crippen LogP contribution in [0, 0.1) is 0 Å². The number of hydrogen-bond donors (Lipinski definition) is 0. The van der Waals surface area contributed by atoms with Crippen LogP contribution in [-0.4, -0.2) is 44.4 Å². The van der Waals surface area contributed by atoms with Crippen molar-refractivity contribution in [1.29, 1.82) is 0 Å². The fourth-order valence-corrected chi connectivity index (χ4v) is 2.72. The monoisotopic (exact) mass is 300 g/mol. The van der Waals surface area contributed by atoms with Gasteiger partial charge < -0.3 is 9.80 Å². The molecule has 0 aromatic heterocycles. The van der Waals surface area contributed by atoms with Crippen LogP contribution in [0.3, 0.4) is 0 Å². The zero-order valence-electron chi connectivity index (χ0n) is 12.2. The van der Waals surface area contributed by atoms with Crippen LogP contribution in [0.5, 0.6) is 0 Å². The van der Waals surface area contributed by atoms with Crippen LogP contribution in [0.1, 0.15) is 28.8 Å². The number of carbonyl (C=O) groups excluding carboxylic acids is 1. The number of piperidine rings is 1. The molecule has 1 aromatic carbocycles. The minimum Gasteiger partial charge on any atom is -0.369 e. The molecule has 0 saturated carbocycles. The minimum absolute atomic E-state index is 0.0484. The van der Waals surface area contributed by atoms with Gasteiger partial charge in [-0.3, -0.25) is 4.79 Å².